The van der Waals surface area contributed by atoms with Crippen molar-refractivity contribution in [1.82, 2.24) is 0 Å². The maximum absolute atomic E-state index is 2.43. The maximum Gasteiger partial charge on any atom is 0.0775 e. The Hall–Kier alpha value is -5.70. The third-order valence-corrected chi connectivity index (χ3v) is 14.1. The highest BCUT2D eigenvalue weighted by atomic mass is 28.3. The van der Waals surface area contributed by atoms with Crippen molar-refractivity contribution in [2.75, 3.05) is 4.90 Å². The molecule has 2 aliphatic carbocycles. The van der Waals surface area contributed by atoms with Crippen molar-refractivity contribution < 1.29 is 0 Å². The Morgan fingerprint density at radius 1 is 0.453 bits per heavy atom. The number of rotatable bonds is 5. The molecule has 0 atom stereocenters. The highest BCUT2D eigenvalue weighted by Crippen LogP contribution is 2.65. The maximum atomic E-state index is 2.43. The summed E-state index contributed by atoms with van der Waals surface area (Å²) in [4.78, 5) is 2.43. The van der Waals surface area contributed by atoms with Gasteiger partial charge in [0.15, 0.2) is 0 Å². The van der Waals surface area contributed by atoms with Gasteiger partial charge in [0.25, 0.3) is 0 Å². The number of hydrogen-bond acceptors (Lipinski definition) is 1. The molecule has 0 amide bonds. The summed E-state index contributed by atoms with van der Waals surface area (Å²) in [5.41, 5.74) is 15.3. The Morgan fingerprint density at radius 3 is 1.57 bits per heavy atom. The number of fused-ring (bicyclic) bond motifs is 14. The molecule has 0 fully saturated rings. The van der Waals surface area contributed by atoms with Crippen LogP contribution in [0, 0.1) is 0 Å². The lowest BCUT2D eigenvalue weighted by Gasteiger charge is -2.32. The molecule has 0 radical (unpaired) electrons. The fourth-order valence-electron chi connectivity index (χ4n) is 9.45. The van der Waals surface area contributed by atoms with Gasteiger partial charge in [0.2, 0.25) is 0 Å². The van der Waals surface area contributed by atoms with Gasteiger partial charge >= 0.3 is 0 Å². The molecule has 0 aromatic heterocycles. The van der Waals surface area contributed by atoms with E-state index in [-0.39, 0.29) is 0 Å². The van der Waals surface area contributed by atoms with Crippen LogP contribution in [0.1, 0.15) is 47.6 Å². The lowest BCUT2D eigenvalue weighted by atomic mass is 9.68. The average molecular weight is 698 g/mol. The zero-order valence-electron chi connectivity index (χ0n) is 31.1. The monoisotopic (exact) mass is 697 g/mol. The Balaban J connectivity index is 1.24. The molecular formula is C51H43NSi. The molecule has 0 saturated heterocycles. The van der Waals surface area contributed by atoms with E-state index in [0.29, 0.717) is 5.92 Å². The van der Waals surface area contributed by atoms with Crippen molar-refractivity contribution in [1.29, 1.82) is 0 Å². The van der Waals surface area contributed by atoms with Gasteiger partial charge in [0, 0.05) is 17.1 Å². The number of benzene rings is 8. The number of nitrogens with zero attached hydrogens (tertiary/aromatic N) is 1. The minimum absolute atomic E-state index is 0.432. The molecule has 2 aliphatic rings. The second-order valence-electron chi connectivity index (χ2n) is 16.3. The molecular weight excluding hydrogens is 655 g/mol. The standard InChI is InChI=1S/C51H43NSi/c1-33(2)34-18-22-37(23-19-34)52(38-24-27-40(28-25-38)53(3,4)5)39-26-31-42-36(32-39)21-30-46-45-29-20-35-12-6-7-13-41(35)49(45)51(50(42)46)47-16-10-8-14-43(47)44-15-9-11-17-48(44)51/h6-33H,1-5H3. The predicted molar refractivity (Wildman–Crippen MR) is 230 cm³/mol. The molecule has 8 aromatic carbocycles. The molecule has 0 saturated carbocycles. The summed E-state index contributed by atoms with van der Waals surface area (Å²) in [5, 5.41) is 6.64. The quantitative estimate of drug-likeness (QED) is 0.162. The van der Waals surface area contributed by atoms with Crippen LogP contribution in [-0.2, 0) is 5.41 Å². The van der Waals surface area contributed by atoms with Crippen LogP contribution in [0.3, 0.4) is 0 Å². The van der Waals surface area contributed by atoms with E-state index in [1.807, 2.05) is 0 Å². The lowest BCUT2D eigenvalue weighted by molar-refractivity contribution is 0.809. The molecule has 10 rings (SSSR count). The van der Waals surface area contributed by atoms with Crippen LogP contribution in [0.2, 0.25) is 19.6 Å². The third kappa shape index (κ3) is 4.62. The van der Waals surface area contributed by atoms with E-state index in [1.54, 1.807) is 0 Å². The summed E-state index contributed by atoms with van der Waals surface area (Å²) in [6, 6.07) is 62.4. The normalized spacial score (nSPS) is 13.7. The van der Waals surface area contributed by atoms with E-state index in [0.717, 1.165) is 5.69 Å². The van der Waals surface area contributed by atoms with Gasteiger partial charge in [-0.3, -0.25) is 0 Å². The van der Waals surface area contributed by atoms with E-state index in [9.17, 15) is 0 Å². The second kappa shape index (κ2) is 11.7. The largest absolute Gasteiger partial charge is 0.310 e. The summed E-state index contributed by atoms with van der Waals surface area (Å²) in [6.45, 7) is 11.8. The number of anilines is 3. The molecule has 1 nitrogen and oxygen atoms in total. The topological polar surface area (TPSA) is 3.24 Å². The van der Waals surface area contributed by atoms with Gasteiger partial charge < -0.3 is 4.90 Å². The molecule has 2 heteroatoms. The first kappa shape index (κ1) is 32.0. The zero-order chi connectivity index (χ0) is 36.1. The van der Waals surface area contributed by atoms with Gasteiger partial charge in [-0.15, -0.1) is 0 Å². The fourth-order valence-corrected chi connectivity index (χ4v) is 10.6. The van der Waals surface area contributed by atoms with Crippen LogP contribution in [0.25, 0.3) is 43.8 Å². The first-order valence-corrected chi connectivity index (χ1v) is 22.5. The van der Waals surface area contributed by atoms with Crippen LogP contribution in [0.5, 0.6) is 0 Å². The SMILES string of the molecule is CC(C)c1ccc(N(c2ccc([Si](C)(C)C)cc2)c2ccc3c4c(ccc3c2)-c2ccc3ccccc3c2C42c3ccccc3-c3ccccc32)cc1. The Kier molecular flexibility index (Phi) is 7.03. The third-order valence-electron chi connectivity index (χ3n) is 12.0. The van der Waals surface area contributed by atoms with Gasteiger partial charge in [0.05, 0.1) is 13.5 Å². The first-order chi connectivity index (χ1) is 25.7. The average Bonchev–Trinajstić information content (AvgIpc) is 3.66. The molecule has 0 heterocycles. The smallest absolute Gasteiger partial charge is 0.0775 e. The van der Waals surface area contributed by atoms with Crippen molar-refractivity contribution in [3.05, 3.63) is 192 Å². The summed E-state index contributed by atoms with van der Waals surface area (Å²) >= 11 is 0. The van der Waals surface area contributed by atoms with Crippen LogP contribution in [0.15, 0.2) is 164 Å². The summed E-state index contributed by atoms with van der Waals surface area (Å²) in [7, 11) is -1.45. The lowest BCUT2D eigenvalue weighted by Crippen LogP contribution is -2.37. The number of hydrogen-bond donors (Lipinski definition) is 0. The summed E-state index contributed by atoms with van der Waals surface area (Å²) in [5.74, 6) is 0.482. The van der Waals surface area contributed by atoms with Gasteiger partial charge in [-0.2, -0.15) is 0 Å². The van der Waals surface area contributed by atoms with Crippen LogP contribution in [-0.4, -0.2) is 8.07 Å². The highest BCUT2D eigenvalue weighted by molar-refractivity contribution is 6.88. The van der Waals surface area contributed by atoms with E-state index >= 15 is 0 Å². The van der Waals surface area contributed by atoms with E-state index < -0.39 is 13.5 Å². The summed E-state index contributed by atoms with van der Waals surface area (Å²) < 4.78 is 0. The molecule has 256 valence electrons. The van der Waals surface area contributed by atoms with Crippen LogP contribution in [0.4, 0.5) is 17.1 Å². The molecule has 53 heavy (non-hydrogen) atoms. The molecule has 0 aliphatic heterocycles. The van der Waals surface area contributed by atoms with Gasteiger partial charge in [-0.05, 0) is 114 Å². The molecule has 0 unspecified atom stereocenters. The molecule has 0 N–H and O–H groups in total. The van der Waals surface area contributed by atoms with Crippen molar-refractivity contribution in [3.8, 4) is 22.3 Å². The molecule has 8 aromatic rings. The zero-order valence-corrected chi connectivity index (χ0v) is 32.1. The first-order valence-electron chi connectivity index (χ1n) is 19.0. The molecule has 0 bridgehead atoms. The van der Waals surface area contributed by atoms with Gasteiger partial charge in [-0.25, -0.2) is 0 Å². The minimum atomic E-state index is -1.45. The molecule has 1 spiro atoms. The summed E-state index contributed by atoms with van der Waals surface area (Å²) in [6.07, 6.45) is 0. The van der Waals surface area contributed by atoms with E-state index in [1.165, 1.54) is 88.2 Å². The van der Waals surface area contributed by atoms with E-state index in [4.69, 9.17) is 0 Å². The van der Waals surface area contributed by atoms with Crippen molar-refractivity contribution >= 4 is 51.9 Å². The van der Waals surface area contributed by atoms with Crippen molar-refractivity contribution in [2.45, 2.75) is 44.8 Å². The Bertz CT molecular complexity index is 2680. The second-order valence-corrected chi connectivity index (χ2v) is 21.4. The van der Waals surface area contributed by atoms with Gasteiger partial charge in [-0.1, -0.05) is 166 Å². The van der Waals surface area contributed by atoms with Crippen molar-refractivity contribution in [2.24, 2.45) is 0 Å². The highest BCUT2D eigenvalue weighted by Gasteiger charge is 2.53. The van der Waals surface area contributed by atoms with Gasteiger partial charge in [0.1, 0.15) is 0 Å². The Labute approximate surface area is 314 Å². The van der Waals surface area contributed by atoms with Crippen LogP contribution >= 0.6 is 0 Å². The minimum Gasteiger partial charge on any atom is -0.310 e. The predicted octanol–water partition coefficient (Wildman–Crippen LogP) is 13.5. The Morgan fingerprint density at radius 2 is 0.962 bits per heavy atom. The van der Waals surface area contributed by atoms with Crippen LogP contribution < -0.4 is 10.1 Å². The van der Waals surface area contributed by atoms with E-state index in [2.05, 4.69) is 202 Å². The fraction of sp³-hybridized carbons (Fsp3) is 0.137. The van der Waals surface area contributed by atoms with Crippen molar-refractivity contribution in [3.63, 3.8) is 0 Å².